The Balaban J connectivity index is 2.25. The molecule has 1 aliphatic carbocycles. The highest BCUT2D eigenvalue weighted by Gasteiger charge is 2.45. The predicted octanol–water partition coefficient (Wildman–Crippen LogP) is 6.28. The van der Waals surface area contributed by atoms with Gasteiger partial charge < -0.3 is 0 Å². The summed E-state index contributed by atoms with van der Waals surface area (Å²) in [4.78, 5) is 0. The SMILES string of the molecule is C=C1CC(C)(CC)C([B]C(C)c2ccccc2)C(CC)C1C. The minimum Gasteiger partial charge on any atom is -0.0996 e. The van der Waals surface area contributed by atoms with Crippen molar-refractivity contribution in [1.29, 1.82) is 0 Å². The lowest BCUT2D eigenvalue weighted by Crippen LogP contribution is -2.41. The molecule has 5 atom stereocenters. The Kier molecular flexibility index (Phi) is 5.58. The van der Waals surface area contributed by atoms with E-state index in [1.54, 1.807) is 0 Å². The number of hydrogen-bond donors (Lipinski definition) is 0. The molecule has 5 unspecified atom stereocenters. The van der Waals surface area contributed by atoms with Crippen LogP contribution in [0.25, 0.3) is 0 Å². The van der Waals surface area contributed by atoms with Gasteiger partial charge in [0.25, 0.3) is 0 Å². The van der Waals surface area contributed by atoms with Crippen molar-refractivity contribution < 1.29 is 0 Å². The second kappa shape index (κ2) is 7.07. The van der Waals surface area contributed by atoms with Gasteiger partial charge in [0, 0.05) is 0 Å². The average molecular weight is 295 g/mol. The van der Waals surface area contributed by atoms with E-state index in [1.807, 2.05) is 0 Å². The molecule has 0 heterocycles. The van der Waals surface area contributed by atoms with Gasteiger partial charge in [-0.05, 0) is 29.5 Å². The number of benzene rings is 1. The molecule has 2 rings (SSSR count). The Labute approximate surface area is 138 Å². The molecule has 1 saturated carbocycles. The fourth-order valence-corrected chi connectivity index (χ4v) is 4.45. The molecule has 1 aliphatic rings. The Morgan fingerprint density at radius 2 is 1.91 bits per heavy atom. The summed E-state index contributed by atoms with van der Waals surface area (Å²) in [6.45, 7) is 16.3. The quantitative estimate of drug-likeness (QED) is 0.443. The molecule has 0 N–H and O–H groups in total. The van der Waals surface area contributed by atoms with Crippen molar-refractivity contribution in [2.45, 2.75) is 65.5 Å². The average Bonchev–Trinajstić information content (AvgIpc) is 2.53. The van der Waals surface area contributed by atoms with Crippen LogP contribution in [0.15, 0.2) is 42.5 Å². The maximum atomic E-state index is 4.39. The van der Waals surface area contributed by atoms with Crippen molar-refractivity contribution in [3.8, 4) is 0 Å². The second-order valence-electron chi connectivity index (χ2n) is 7.62. The van der Waals surface area contributed by atoms with Crippen LogP contribution < -0.4 is 0 Å². The molecule has 22 heavy (non-hydrogen) atoms. The summed E-state index contributed by atoms with van der Waals surface area (Å²) in [5.74, 6) is 2.58. The monoisotopic (exact) mass is 295 g/mol. The largest absolute Gasteiger partial charge is 0.124 e. The highest BCUT2D eigenvalue weighted by atomic mass is 14.5. The van der Waals surface area contributed by atoms with Crippen LogP contribution in [0.1, 0.15) is 65.3 Å². The van der Waals surface area contributed by atoms with E-state index in [-0.39, 0.29) is 0 Å². The van der Waals surface area contributed by atoms with E-state index >= 15 is 0 Å². The molecule has 1 heteroatoms. The molecular weight excluding hydrogens is 263 g/mol. The zero-order chi connectivity index (χ0) is 16.3. The summed E-state index contributed by atoms with van der Waals surface area (Å²) in [6.07, 6.45) is 3.67. The van der Waals surface area contributed by atoms with Gasteiger partial charge >= 0.3 is 0 Å². The van der Waals surface area contributed by atoms with Gasteiger partial charge in [0.1, 0.15) is 7.28 Å². The molecule has 0 aromatic heterocycles. The fourth-order valence-electron chi connectivity index (χ4n) is 4.45. The zero-order valence-corrected chi connectivity index (χ0v) is 15.1. The van der Waals surface area contributed by atoms with Crippen molar-refractivity contribution in [1.82, 2.24) is 0 Å². The molecule has 0 spiro atoms. The second-order valence-corrected chi connectivity index (χ2v) is 7.62. The fraction of sp³-hybridized carbons (Fsp3) is 0.619. The first-order valence-corrected chi connectivity index (χ1v) is 9.00. The zero-order valence-electron chi connectivity index (χ0n) is 15.1. The lowest BCUT2D eigenvalue weighted by molar-refractivity contribution is 0.149. The third kappa shape index (κ3) is 3.34. The molecule has 119 valence electrons. The molecular formula is C21H32B. The van der Waals surface area contributed by atoms with Gasteiger partial charge in [-0.1, -0.05) is 101 Å². The topological polar surface area (TPSA) is 0 Å². The first-order chi connectivity index (χ1) is 10.4. The standard InChI is InChI=1S/C21H32B/c1-7-19-16(4)15(3)14-21(6,8-2)20(19)22-17(5)18-12-10-9-11-13-18/h9-13,16-17,19-20H,3,7-8,14H2,1-2,4-6H3. The van der Waals surface area contributed by atoms with E-state index in [0.29, 0.717) is 23.0 Å². The summed E-state index contributed by atoms with van der Waals surface area (Å²) in [7, 11) is 2.65. The van der Waals surface area contributed by atoms with E-state index in [0.717, 1.165) is 5.92 Å². The molecule has 1 fully saturated rings. The van der Waals surface area contributed by atoms with Gasteiger partial charge in [-0.3, -0.25) is 0 Å². The van der Waals surface area contributed by atoms with E-state index in [1.165, 1.54) is 30.4 Å². The molecule has 0 bridgehead atoms. The van der Waals surface area contributed by atoms with Crippen LogP contribution in [0.5, 0.6) is 0 Å². The smallest absolute Gasteiger partial charge is 0.0996 e. The summed E-state index contributed by atoms with van der Waals surface area (Å²) in [5, 5.41) is 0. The first kappa shape index (κ1) is 17.4. The highest BCUT2D eigenvalue weighted by Crippen LogP contribution is 2.55. The van der Waals surface area contributed by atoms with Crippen molar-refractivity contribution in [3.63, 3.8) is 0 Å². The number of hydrogen-bond acceptors (Lipinski definition) is 0. The number of allylic oxidation sites excluding steroid dienone is 1. The summed E-state index contributed by atoms with van der Waals surface area (Å²) in [5.41, 5.74) is 3.27. The Hall–Kier alpha value is -0.975. The molecule has 0 aliphatic heterocycles. The van der Waals surface area contributed by atoms with Crippen molar-refractivity contribution in [2.75, 3.05) is 0 Å². The minimum absolute atomic E-state index is 0.368. The first-order valence-electron chi connectivity index (χ1n) is 9.00. The van der Waals surface area contributed by atoms with E-state index in [4.69, 9.17) is 0 Å². The van der Waals surface area contributed by atoms with Crippen LogP contribution >= 0.6 is 0 Å². The van der Waals surface area contributed by atoms with Crippen LogP contribution in [0.4, 0.5) is 0 Å². The van der Waals surface area contributed by atoms with Crippen LogP contribution in [0.3, 0.4) is 0 Å². The minimum atomic E-state index is 0.368. The predicted molar refractivity (Wildman–Crippen MR) is 99.5 cm³/mol. The maximum absolute atomic E-state index is 4.39. The number of rotatable bonds is 5. The van der Waals surface area contributed by atoms with Gasteiger partial charge in [0.15, 0.2) is 0 Å². The van der Waals surface area contributed by atoms with Gasteiger partial charge in [-0.25, -0.2) is 0 Å². The summed E-state index contributed by atoms with van der Waals surface area (Å²) in [6, 6.07) is 10.9. The van der Waals surface area contributed by atoms with E-state index in [2.05, 4.69) is 78.8 Å². The molecule has 1 radical (unpaired) electrons. The van der Waals surface area contributed by atoms with Gasteiger partial charge in [0.05, 0.1) is 0 Å². The molecule has 1 aromatic carbocycles. The van der Waals surface area contributed by atoms with Crippen LogP contribution in [0, 0.1) is 17.3 Å². The molecule has 1 aromatic rings. The van der Waals surface area contributed by atoms with E-state index in [9.17, 15) is 0 Å². The van der Waals surface area contributed by atoms with E-state index < -0.39 is 0 Å². The van der Waals surface area contributed by atoms with Crippen molar-refractivity contribution >= 4 is 7.28 Å². The van der Waals surface area contributed by atoms with Gasteiger partial charge in [-0.15, -0.1) is 0 Å². The lowest BCUT2D eigenvalue weighted by atomic mass is 9.38. The Morgan fingerprint density at radius 1 is 1.27 bits per heavy atom. The third-order valence-electron chi connectivity index (χ3n) is 6.28. The molecule has 0 amide bonds. The highest BCUT2D eigenvalue weighted by molar-refractivity contribution is 6.40. The van der Waals surface area contributed by atoms with Crippen molar-refractivity contribution in [3.05, 3.63) is 48.0 Å². The van der Waals surface area contributed by atoms with Gasteiger partial charge in [0.2, 0.25) is 0 Å². The summed E-state index contributed by atoms with van der Waals surface area (Å²) >= 11 is 0. The molecule has 0 saturated heterocycles. The van der Waals surface area contributed by atoms with Crippen LogP contribution in [0.2, 0.25) is 5.82 Å². The molecule has 0 nitrogen and oxygen atoms in total. The Morgan fingerprint density at radius 3 is 2.45 bits per heavy atom. The lowest BCUT2D eigenvalue weighted by Gasteiger charge is -2.51. The van der Waals surface area contributed by atoms with Crippen molar-refractivity contribution in [2.24, 2.45) is 17.3 Å². The van der Waals surface area contributed by atoms with Crippen LogP contribution in [-0.4, -0.2) is 7.28 Å². The van der Waals surface area contributed by atoms with Gasteiger partial charge in [-0.2, -0.15) is 0 Å². The Bertz CT molecular complexity index is 492. The van der Waals surface area contributed by atoms with Crippen LogP contribution in [-0.2, 0) is 0 Å². The maximum Gasteiger partial charge on any atom is 0.124 e. The summed E-state index contributed by atoms with van der Waals surface area (Å²) < 4.78 is 0. The normalized spacial score (nSPS) is 33.5. The third-order valence-corrected chi connectivity index (χ3v) is 6.28.